The maximum atomic E-state index is 12.3. The molecule has 5 nitrogen and oxygen atoms in total. The third-order valence-corrected chi connectivity index (χ3v) is 3.42. The molecule has 0 aliphatic heterocycles. The summed E-state index contributed by atoms with van der Waals surface area (Å²) in [6, 6.07) is 6.82. The van der Waals surface area contributed by atoms with E-state index in [-0.39, 0.29) is 17.7 Å². The number of benzene rings is 1. The minimum atomic E-state index is -0.525. The molecule has 0 aliphatic carbocycles. The lowest BCUT2D eigenvalue weighted by Crippen LogP contribution is -2.50. The van der Waals surface area contributed by atoms with Gasteiger partial charge in [-0.1, -0.05) is 31.5 Å². The summed E-state index contributed by atoms with van der Waals surface area (Å²) < 4.78 is 0. The van der Waals surface area contributed by atoms with Crippen LogP contribution in [0.4, 0.5) is 0 Å². The van der Waals surface area contributed by atoms with E-state index in [0.717, 1.165) is 18.5 Å². The first-order valence-corrected chi connectivity index (χ1v) is 7.75. The average Bonchev–Trinajstić information content (AvgIpc) is 2.48. The Balaban J connectivity index is 2.63. The minimum absolute atomic E-state index is 0.0260. The molecular weight excluding hydrogens is 278 g/mol. The zero-order valence-corrected chi connectivity index (χ0v) is 13.9. The summed E-state index contributed by atoms with van der Waals surface area (Å²) in [6.45, 7) is 7.24. The van der Waals surface area contributed by atoms with Gasteiger partial charge in [0.2, 0.25) is 5.91 Å². The van der Waals surface area contributed by atoms with Crippen molar-refractivity contribution in [2.24, 2.45) is 5.92 Å². The summed E-state index contributed by atoms with van der Waals surface area (Å²) in [5, 5.41) is 8.74. The standard InChI is InChI=1S/C17H27N3O2/c1-12(2)15(17(22)19-10-6-9-18-4)20-16(21)14-8-5-7-13(3)11-14/h5,7-8,11-12,15,18H,6,9-10H2,1-4H3,(H,19,22)(H,20,21). The van der Waals surface area contributed by atoms with Gasteiger partial charge in [-0.25, -0.2) is 0 Å². The molecule has 0 heterocycles. The van der Waals surface area contributed by atoms with Crippen LogP contribution in [0.3, 0.4) is 0 Å². The minimum Gasteiger partial charge on any atom is -0.354 e. The molecule has 22 heavy (non-hydrogen) atoms. The fourth-order valence-corrected chi connectivity index (χ4v) is 2.13. The number of carbonyl (C=O) groups is 2. The van der Waals surface area contributed by atoms with Crippen molar-refractivity contribution in [1.82, 2.24) is 16.0 Å². The van der Waals surface area contributed by atoms with Gasteiger partial charge < -0.3 is 16.0 Å². The van der Waals surface area contributed by atoms with Crippen LogP contribution in [-0.4, -0.2) is 38.0 Å². The summed E-state index contributed by atoms with van der Waals surface area (Å²) >= 11 is 0. The lowest BCUT2D eigenvalue weighted by atomic mass is 10.0. The van der Waals surface area contributed by atoms with Crippen LogP contribution in [-0.2, 0) is 4.79 Å². The number of hydrogen-bond donors (Lipinski definition) is 3. The van der Waals surface area contributed by atoms with Crippen molar-refractivity contribution in [2.45, 2.75) is 33.2 Å². The monoisotopic (exact) mass is 305 g/mol. The van der Waals surface area contributed by atoms with E-state index in [1.807, 2.05) is 46.0 Å². The van der Waals surface area contributed by atoms with Crippen LogP contribution in [0, 0.1) is 12.8 Å². The van der Waals surface area contributed by atoms with Gasteiger partial charge in [0, 0.05) is 12.1 Å². The van der Waals surface area contributed by atoms with E-state index >= 15 is 0 Å². The van der Waals surface area contributed by atoms with Crippen molar-refractivity contribution in [1.29, 1.82) is 0 Å². The number of rotatable bonds is 8. The van der Waals surface area contributed by atoms with Crippen LogP contribution in [0.15, 0.2) is 24.3 Å². The molecule has 122 valence electrons. The van der Waals surface area contributed by atoms with E-state index in [1.165, 1.54) is 0 Å². The summed E-state index contributed by atoms with van der Waals surface area (Å²) in [4.78, 5) is 24.5. The second-order valence-electron chi connectivity index (χ2n) is 5.81. The molecule has 0 fully saturated rings. The van der Waals surface area contributed by atoms with E-state index in [2.05, 4.69) is 16.0 Å². The highest BCUT2D eigenvalue weighted by atomic mass is 16.2. The van der Waals surface area contributed by atoms with Gasteiger partial charge in [0.25, 0.3) is 5.91 Å². The van der Waals surface area contributed by atoms with Gasteiger partial charge in [-0.05, 0) is 45.0 Å². The van der Waals surface area contributed by atoms with Crippen LogP contribution >= 0.6 is 0 Å². The van der Waals surface area contributed by atoms with Crippen molar-refractivity contribution >= 4 is 11.8 Å². The highest BCUT2D eigenvalue weighted by Gasteiger charge is 2.24. The van der Waals surface area contributed by atoms with E-state index in [0.29, 0.717) is 12.1 Å². The molecule has 3 N–H and O–H groups in total. The molecule has 1 unspecified atom stereocenters. The van der Waals surface area contributed by atoms with Crippen LogP contribution < -0.4 is 16.0 Å². The lowest BCUT2D eigenvalue weighted by molar-refractivity contribution is -0.123. The fraction of sp³-hybridized carbons (Fsp3) is 0.529. The summed E-state index contributed by atoms with van der Waals surface area (Å²) in [6.07, 6.45) is 0.860. The van der Waals surface area contributed by atoms with E-state index in [4.69, 9.17) is 0 Å². The van der Waals surface area contributed by atoms with Gasteiger partial charge in [-0.2, -0.15) is 0 Å². The van der Waals surface area contributed by atoms with Crippen molar-refractivity contribution in [3.63, 3.8) is 0 Å². The molecule has 0 radical (unpaired) electrons. The summed E-state index contributed by atoms with van der Waals surface area (Å²) in [7, 11) is 1.88. The number of nitrogens with one attached hydrogen (secondary N) is 3. The number of hydrogen-bond acceptors (Lipinski definition) is 3. The highest BCUT2D eigenvalue weighted by Crippen LogP contribution is 2.07. The molecule has 0 aromatic heterocycles. The average molecular weight is 305 g/mol. The molecule has 0 spiro atoms. The molecule has 0 saturated carbocycles. The molecule has 1 rings (SSSR count). The predicted octanol–water partition coefficient (Wildman–Crippen LogP) is 1.48. The summed E-state index contributed by atoms with van der Waals surface area (Å²) in [5.41, 5.74) is 1.60. The molecule has 1 aromatic carbocycles. The van der Waals surface area contributed by atoms with Crippen LogP contribution in [0.1, 0.15) is 36.2 Å². The Morgan fingerprint density at radius 3 is 2.50 bits per heavy atom. The summed E-state index contributed by atoms with van der Waals surface area (Å²) in [5.74, 6) is -0.321. The predicted molar refractivity (Wildman–Crippen MR) is 88.8 cm³/mol. The Labute approximate surface area is 132 Å². The van der Waals surface area contributed by atoms with Gasteiger partial charge in [0.1, 0.15) is 6.04 Å². The second kappa shape index (κ2) is 9.20. The molecule has 0 saturated heterocycles. The largest absolute Gasteiger partial charge is 0.354 e. The van der Waals surface area contributed by atoms with Crippen molar-refractivity contribution < 1.29 is 9.59 Å². The first-order valence-electron chi connectivity index (χ1n) is 7.75. The van der Waals surface area contributed by atoms with Crippen LogP contribution in [0.2, 0.25) is 0 Å². The van der Waals surface area contributed by atoms with E-state index in [9.17, 15) is 9.59 Å². The first-order chi connectivity index (χ1) is 10.5. The van der Waals surface area contributed by atoms with Crippen LogP contribution in [0.5, 0.6) is 0 Å². The zero-order valence-electron chi connectivity index (χ0n) is 13.9. The normalized spacial score (nSPS) is 12.0. The topological polar surface area (TPSA) is 70.2 Å². The molecule has 0 aliphatic rings. The van der Waals surface area contributed by atoms with Gasteiger partial charge >= 0.3 is 0 Å². The molecule has 1 aromatic rings. The number of aryl methyl sites for hydroxylation is 1. The Morgan fingerprint density at radius 1 is 1.18 bits per heavy atom. The van der Waals surface area contributed by atoms with E-state index < -0.39 is 6.04 Å². The van der Waals surface area contributed by atoms with E-state index in [1.54, 1.807) is 6.07 Å². The van der Waals surface area contributed by atoms with Gasteiger partial charge in [0.05, 0.1) is 0 Å². The third-order valence-electron chi connectivity index (χ3n) is 3.42. The van der Waals surface area contributed by atoms with Crippen molar-refractivity contribution in [2.75, 3.05) is 20.1 Å². The molecule has 5 heteroatoms. The molecule has 2 amide bonds. The van der Waals surface area contributed by atoms with Crippen LogP contribution in [0.25, 0.3) is 0 Å². The quantitative estimate of drug-likeness (QED) is 0.637. The Kier molecular flexibility index (Phi) is 7.60. The molecule has 0 bridgehead atoms. The SMILES string of the molecule is CNCCCNC(=O)C(NC(=O)c1cccc(C)c1)C(C)C. The Morgan fingerprint density at radius 2 is 1.91 bits per heavy atom. The third kappa shape index (κ3) is 5.85. The smallest absolute Gasteiger partial charge is 0.251 e. The fourth-order valence-electron chi connectivity index (χ4n) is 2.13. The highest BCUT2D eigenvalue weighted by molar-refractivity contribution is 5.97. The number of carbonyl (C=O) groups excluding carboxylic acids is 2. The lowest BCUT2D eigenvalue weighted by Gasteiger charge is -2.22. The maximum Gasteiger partial charge on any atom is 0.251 e. The molecule has 1 atom stereocenters. The second-order valence-corrected chi connectivity index (χ2v) is 5.81. The van der Waals surface area contributed by atoms with Gasteiger partial charge in [-0.3, -0.25) is 9.59 Å². The first kappa shape index (κ1) is 18.2. The molecular formula is C17H27N3O2. The van der Waals surface area contributed by atoms with Crippen molar-refractivity contribution in [3.05, 3.63) is 35.4 Å². The Bertz CT molecular complexity index is 500. The number of amides is 2. The van der Waals surface area contributed by atoms with Gasteiger partial charge in [0.15, 0.2) is 0 Å². The zero-order chi connectivity index (χ0) is 16.5. The van der Waals surface area contributed by atoms with Gasteiger partial charge in [-0.15, -0.1) is 0 Å². The Hall–Kier alpha value is -1.88. The van der Waals surface area contributed by atoms with Crippen molar-refractivity contribution in [3.8, 4) is 0 Å². The maximum absolute atomic E-state index is 12.3.